The molecule has 4 nitrogen and oxygen atoms in total. The summed E-state index contributed by atoms with van der Waals surface area (Å²) in [7, 11) is 1.68. The third kappa shape index (κ3) is 3.84. The van der Waals surface area contributed by atoms with Gasteiger partial charge in [0.2, 0.25) is 5.91 Å². The number of benzene rings is 1. The van der Waals surface area contributed by atoms with E-state index in [2.05, 4.69) is 0 Å². The first-order chi connectivity index (χ1) is 8.06. The fourth-order valence-electron chi connectivity index (χ4n) is 1.52. The Kier molecular flexibility index (Phi) is 5.12. The molecule has 1 rings (SSSR count). The first-order valence-electron chi connectivity index (χ1n) is 5.73. The maximum atomic E-state index is 11.9. The molecule has 1 amide bonds. The average molecular weight is 236 g/mol. The summed E-state index contributed by atoms with van der Waals surface area (Å²) in [6.07, 6.45) is 0.255. The van der Waals surface area contributed by atoms with E-state index in [9.17, 15) is 4.79 Å². The zero-order chi connectivity index (χ0) is 12.8. The third-order valence-corrected chi connectivity index (χ3v) is 2.94. The number of hydrogen-bond acceptors (Lipinski definition) is 3. The van der Waals surface area contributed by atoms with Gasteiger partial charge in [0, 0.05) is 19.5 Å². The molecule has 0 heterocycles. The van der Waals surface area contributed by atoms with Crippen molar-refractivity contribution < 1.29 is 9.90 Å². The summed E-state index contributed by atoms with van der Waals surface area (Å²) < 4.78 is 0. The molecule has 3 N–H and O–H groups in total. The highest BCUT2D eigenvalue weighted by molar-refractivity contribution is 5.77. The Balaban J connectivity index is 2.57. The van der Waals surface area contributed by atoms with E-state index in [0.717, 1.165) is 5.56 Å². The van der Waals surface area contributed by atoms with E-state index in [4.69, 9.17) is 10.8 Å². The van der Waals surface area contributed by atoms with Crippen LogP contribution < -0.4 is 5.73 Å². The lowest BCUT2D eigenvalue weighted by molar-refractivity contribution is -0.132. The molecule has 0 aliphatic heterocycles. The van der Waals surface area contributed by atoms with Gasteiger partial charge < -0.3 is 15.7 Å². The largest absolute Gasteiger partial charge is 0.394 e. The van der Waals surface area contributed by atoms with Crippen LogP contribution in [-0.2, 0) is 4.79 Å². The maximum Gasteiger partial charge on any atom is 0.224 e. The van der Waals surface area contributed by atoms with Crippen LogP contribution in [0.25, 0.3) is 0 Å². The number of nitrogens with zero attached hydrogens (tertiary/aromatic N) is 1. The van der Waals surface area contributed by atoms with Crippen molar-refractivity contribution in [3.05, 3.63) is 35.9 Å². The van der Waals surface area contributed by atoms with Crippen molar-refractivity contribution in [3.63, 3.8) is 0 Å². The van der Waals surface area contributed by atoms with Crippen LogP contribution in [0.1, 0.15) is 24.9 Å². The standard InChI is InChI=1S/C13H20N2O2/c1-10(9-16)15(2)13(17)8-12(14)11-6-4-3-5-7-11/h3-7,10,12,16H,8-9,14H2,1-2H3. The fraction of sp³-hybridized carbons (Fsp3) is 0.462. The number of hydrogen-bond donors (Lipinski definition) is 2. The molecule has 2 atom stereocenters. The van der Waals surface area contributed by atoms with Crippen molar-refractivity contribution >= 4 is 5.91 Å². The van der Waals surface area contributed by atoms with E-state index < -0.39 is 0 Å². The van der Waals surface area contributed by atoms with Gasteiger partial charge in [-0.15, -0.1) is 0 Å². The molecule has 1 aromatic rings. The summed E-state index contributed by atoms with van der Waals surface area (Å²) in [6, 6.07) is 9.07. The highest BCUT2D eigenvalue weighted by atomic mass is 16.3. The van der Waals surface area contributed by atoms with Crippen LogP contribution in [0.4, 0.5) is 0 Å². The Morgan fingerprint density at radius 1 is 1.41 bits per heavy atom. The lowest BCUT2D eigenvalue weighted by atomic mass is 10.0. The molecule has 17 heavy (non-hydrogen) atoms. The third-order valence-electron chi connectivity index (χ3n) is 2.94. The predicted molar refractivity (Wildman–Crippen MR) is 67.3 cm³/mol. The second-order valence-corrected chi connectivity index (χ2v) is 4.26. The van der Waals surface area contributed by atoms with E-state index >= 15 is 0 Å². The smallest absolute Gasteiger partial charge is 0.224 e. The van der Waals surface area contributed by atoms with Crippen LogP contribution >= 0.6 is 0 Å². The minimum atomic E-state index is -0.294. The van der Waals surface area contributed by atoms with E-state index in [1.165, 1.54) is 4.90 Å². The van der Waals surface area contributed by atoms with Gasteiger partial charge in [-0.05, 0) is 12.5 Å². The number of aliphatic hydroxyl groups excluding tert-OH is 1. The molecule has 0 aliphatic carbocycles. The first-order valence-corrected chi connectivity index (χ1v) is 5.73. The molecule has 4 heteroatoms. The highest BCUT2D eigenvalue weighted by Gasteiger charge is 2.18. The predicted octanol–water partition coefficient (Wildman–Crippen LogP) is 0.916. The van der Waals surface area contributed by atoms with E-state index in [1.807, 2.05) is 30.3 Å². The van der Waals surface area contributed by atoms with Gasteiger partial charge in [-0.3, -0.25) is 4.79 Å². The first kappa shape index (κ1) is 13.7. The van der Waals surface area contributed by atoms with Gasteiger partial charge in [0.25, 0.3) is 0 Å². The van der Waals surface area contributed by atoms with Crippen molar-refractivity contribution in [1.29, 1.82) is 0 Å². The number of aliphatic hydroxyl groups is 1. The molecule has 0 bridgehead atoms. The van der Waals surface area contributed by atoms with Crippen molar-refractivity contribution in [2.45, 2.75) is 25.4 Å². The van der Waals surface area contributed by atoms with Gasteiger partial charge in [-0.25, -0.2) is 0 Å². The van der Waals surface area contributed by atoms with Crippen LogP contribution in [0.5, 0.6) is 0 Å². The molecular formula is C13H20N2O2. The lowest BCUT2D eigenvalue weighted by Crippen LogP contribution is -2.38. The van der Waals surface area contributed by atoms with Crippen molar-refractivity contribution in [1.82, 2.24) is 4.90 Å². The van der Waals surface area contributed by atoms with Gasteiger partial charge in [0.05, 0.1) is 12.6 Å². The topological polar surface area (TPSA) is 66.6 Å². The van der Waals surface area contributed by atoms with Crippen molar-refractivity contribution in [2.24, 2.45) is 5.73 Å². The zero-order valence-electron chi connectivity index (χ0n) is 10.3. The van der Waals surface area contributed by atoms with Crippen LogP contribution in [0, 0.1) is 0 Å². The van der Waals surface area contributed by atoms with Gasteiger partial charge in [0.1, 0.15) is 0 Å². The molecule has 0 aliphatic rings. The minimum absolute atomic E-state index is 0.0389. The summed E-state index contributed by atoms with van der Waals surface area (Å²) in [4.78, 5) is 13.4. The molecule has 94 valence electrons. The quantitative estimate of drug-likeness (QED) is 0.798. The van der Waals surface area contributed by atoms with Gasteiger partial charge in [-0.2, -0.15) is 0 Å². The van der Waals surface area contributed by atoms with Crippen LogP contribution in [-0.4, -0.2) is 35.6 Å². The Bertz CT molecular complexity index is 354. The second-order valence-electron chi connectivity index (χ2n) is 4.26. The number of carbonyl (C=O) groups excluding carboxylic acids is 1. The second kappa shape index (κ2) is 6.37. The molecule has 0 aromatic heterocycles. The Morgan fingerprint density at radius 2 is 2.00 bits per heavy atom. The lowest BCUT2D eigenvalue weighted by Gasteiger charge is -2.24. The van der Waals surface area contributed by atoms with Crippen molar-refractivity contribution in [3.8, 4) is 0 Å². The molecule has 0 radical (unpaired) electrons. The minimum Gasteiger partial charge on any atom is -0.394 e. The van der Waals surface area contributed by atoms with E-state index in [-0.39, 0.29) is 31.0 Å². The van der Waals surface area contributed by atoms with Crippen LogP contribution in [0.15, 0.2) is 30.3 Å². The van der Waals surface area contributed by atoms with Gasteiger partial charge >= 0.3 is 0 Å². The van der Waals surface area contributed by atoms with E-state index in [0.29, 0.717) is 0 Å². The number of amides is 1. The summed E-state index contributed by atoms with van der Waals surface area (Å²) in [5, 5.41) is 8.98. The number of carbonyl (C=O) groups is 1. The Hall–Kier alpha value is -1.39. The van der Waals surface area contributed by atoms with Gasteiger partial charge in [-0.1, -0.05) is 30.3 Å². The average Bonchev–Trinajstić information content (AvgIpc) is 2.37. The monoisotopic (exact) mass is 236 g/mol. The normalized spacial score (nSPS) is 14.1. The molecule has 0 fully saturated rings. The Labute approximate surface area is 102 Å². The summed E-state index contributed by atoms with van der Waals surface area (Å²) in [5.74, 6) is -0.0529. The molecule has 0 spiro atoms. The van der Waals surface area contributed by atoms with Crippen LogP contribution in [0.3, 0.4) is 0 Å². The molecule has 0 saturated heterocycles. The fourth-order valence-corrected chi connectivity index (χ4v) is 1.52. The summed E-state index contributed by atoms with van der Waals surface area (Å²) in [5.41, 5.74) is 6.92. The SMILES string of the molecule is CC(CO)N(C)C(=O)CC(N)c1ccccc1. The van der Waals surface area contributed by atoms with Crippen LogP contribution in [0.2, 0.25) is 0 Å². The highest BCUT2D eigenvalue weighted by Crippen LogP contribution is 2.14. The number of rotatable bonds is 5. The maximum absolute atomic E-state index is 11.9. The number of likely N-dealkylation sites (N-methyl/N-ethyl adjacent to an activating group) is 1. The van der Waals surface area contributed by atoms with Crippen molar-refractivity contribution in [2.75, 3.05) is 13.7 Å². The zero-order valence-corrected chi connectivity index (χ0v) is 10.3. The molecule has 2 unspecified atom stereocenters. The molecule has 0 saturated carbocycles. The Morgan fingerprint density at radius 3 is 2.53 bits per heavy atom. The number of nitrogens with two attached hydrogens (primary N) is 1. The van der Waals surface area contributed by atoms with Gasteiger partial charge in [0.15, 0.2) is 0 Å². The summed E-state index contributed by atoms with van der Waals surface area (Å²) >= 11 is 0. The summed E-state index contributed by atoms with van der Waals surface area (Å²) in [6.45, 7) is 1.76. The molecular weight excluding hydrogens is 216 g/mol. The molecule has 1 aromatic carbocycles. The van der Waals surface area contributed by atoms with E-state index in [1.54, 1.807) is 14.0 Å².